The van der Waals surface area contributed by atoms with Gasteiger partial charge in [-0.25, -0.2) is 0 Å². The van der Waals surface area contributed by atoms with Crippen molar-refractivity contribution in [1.29, 1.82) is 0 Å². The zero-order valence-corrected chi connectivity index (χ0v) is 18.0. The van der Waals surface area contributed by atoms with Gasteiger partial charge in [-0.05, 0) is 74.8 Å². The SMILES string of the molecule is CCc1ccc(CCC2CCC(c3ccc4c(c3)SC(C)(C)O4)N2CO)cc1. The number of aliphatic hydroxyl groups is 1. The normalized spacial score (nSPS) is 23.6. The molecule has 2 heterocycles. The molecule has 28 heavy (non-hydrogen) atoms. The number of nitrogens with zero attached hydrogens (tertiary/aromatic N) is 1. The van der Waals surface area contributed by atoms with Crippen molar-refractivity contribution in [1.82, 2.24) is 4.90 Å². The molecule has 0 bridgehead atoms. The fourth-order valence-electron chi connectivity index (χ4n) is 4.54. The van der Waals surface area contributed by atoms with E-state index in [1.807, 2.05) is 0 Å². The molecule has 2 aliphatic heterocycles. The molecule has 3 nitrogen and oxygen atoms in total. The maximum absolute atomic E-state index is 10.1. The number of rotatable bonds is 6. The smallest absolute Gasteiger partial charge is 0.153 e. The molecule has 4 heteroatoms. The van der Waals surface area contributed by atoms with Crippen molar-refractivity contribution < 1.29 is 9.84 Å². The van der Waals surface area contributed by atoms with E-state index in [0.717, 1.165) is 37.9 Å². The molecule has 150 valence electrons. The van der Waals surface area contributed by atoms with E-state index in [2.05, 4.69) is 68.1 Å². The number of fused-ring (bicyclic) bond motifs is 1. The van der Waals surface area contributed by atoms with Crippen molar-refractivity contribution in [2.24, 2.45) is 0 Å². The van der Waals surface area contributed by atoms with Crippen molar-refractivity contribution >= 4 is 11.8 Å². The zero-order valence-electron chi connectivity index (χ0n) is 17.1. The average Bonchev–Trinajstić information content (AvgIpc) is 3.24. The zero-order chi connectivity index (χ0) is 19.7. The Bertz CT molecular complexity index is 818. The Morgan fingerprint density at radius 1 is 1.11 bits per heavy atom. The van der Waals surface area contributed by atoms with Gasteiger partial charge in [-0.3, -0.25) is 4.90 Å². The second-order valence-corrected chi connectivity index (χ2v) is 10.0. The monoisotopic (exact) mass is 397 g/mol. The topological polar surface area (TPSA) is 32.7 Å². The highest BCUT2D eigenvalue weighted by molar-refractivity contribution is 8.00. The third-order valence-corrected chi connectivity index (χ3v) is 7.18. The standard InChI is InChI=1S/C24H31NO2S/c1-4-17-5-7-18(8-6-17)9-11-20-12-13-21(25(20)16-26)19-10-14-22-23(15-19)28-24(2,3)27-22/h5-8,10,14-15,20-21,26H,4,9,11-13,16H2,1-3H3. The molecule has 1 N–H and O–H groups in total. The Hall–Kier alpha value is -1.49. The summed E-state index contributed by atoms with van der Waals surface area (Å²) in [4.78, 5) is 3.32. The molecule has 2 aliphatic rings. The van der Waals surface area contributed by atoms with Gasteiger partial charge in [-0.15, -0.1) is 0 Å². The predicted molar refractivity (Wildman–Crippen MR) is 116 cm³/mol. The molecular weight excluding hydrogens is 366 g/mol. The summed E-state index contributed by atoms with van der Waals surface area (Å²) in [6.45, 7) is 6.53. The third-order valence-electron chi connectivity index (χ3n) is 6.07. The van der Waals surface area contributed by atoms with Crippen LogP contribution in [0.5, 0.6) is 5.75 Å². The Morgan fingerprint density at radius 2 is 1.86 bits per heavy atom. The number of ether oxygens (including phenoxy) is 1. The molecule has 0 aliphatic carbocycles. The quantitative estimate of drug-likeness (QED) is 0.692. The first-order chi connectivity index (χ1) is 13.5. The summed E-state index contributed by atoms with van der Waals surface area (Å²) in [5, 5.41) is 10.1. The number of hydrogen-bond donors (Lipinski definition) is 1. The van der Waals surface area contributed by atoms with E-state index in [1.165, 1.54) is 21.6 Å². The van der Waals surface area contributed by atoms with Crippen molar-refractivity contribution in [3.05, 3.63) is 59.2 Å². The van der Waals surface area contributed by atoms with E-state index in [-0.39, 0.29) is 11.7 Å². The van der Waals surface area contributed by atoms with Crippen LogP contribution in [0.2, 0.25) is 0 Å². The van der Waals surface area contributed by atoms with Crippen LogP contribution in [0.15, 0.2) is 47.4 Å². The number of aryl methyl sites for hydroxylation is 2. The Balaban J connectivity index is 1.43. The molecule has 0 amide bonds. The summed E-state index contributed by atoms with van der Waals surface area (Å²) < 4.78 is 5.99. The highest BCUT2D eigenvalue weighted by Gasteiger charge is 2.36. The number of benzene rings is 2. The molecule has 0 saturated carbocycles. The van der Waals surface area contributed by atoms with Gasteiger partial charge >= 0.3 is 0 Å². The second kappa shape index (κ2) is 8.10. The van der Waals surface area contributed by atoms with Crippen molar-refractivity contribution in [3.8, 4) is 5.75 Å². The minimum absolute atomic E-state index is 0.121. The van der Waals surface area contributed by atoms with Gasteiger partial charge in [0.25, 0.3) is 0 Å². The van der Waals surface area contributed by atoms with Crippen molar-refractivity contribution in [3.63, 3.8) is 0 Å². The minimum Gasteiger partial charge on any atom is -0.476 e. The third kappa shape index (κ3) is 4.10. The fraction of sp³-hybridized carbons (Fsp3) is 0.500. The van der Waals surface area contributed by atoms with E-state index >= 15 is 0 Å². The molecule has 1 fully saturated rings. The van der Waals surface area contributed by atoms with Crippen LogP contribution in [0.4, 0.5) is 0 Å². The number of aliphatic hydroxyl groups excluding tert-OH is 1. The lowest BCUT2D eigenvalue weighted by atomic mass is 10.0. The van der Waals surface area contributed by atoms with E-state index < -0.39 is 0 Å². The van der Waals surface area contributed by atoms with Gasteiger partial charge in [-0.2, -0.15) is 0 Å². The largest absolute Gasteiger partial charge is 0.476 e. The summed E-state index contributed by atoms with van der Waals surface area (Å²) in [5.41, 5.74) is 4.09. The molecular formula is C24H31NO2S. The van der Waals surface area contributed by atoms with Crippen LogP contribution in [-0.2, 0) is 12.8 Å². The van der Waals surface area contributed by atoms with Crippen molar-refractivity contribution in [2.45, 2.75) is 74.8 Å². The summed E-state index contributed by atoms with van der Waals surface area (Å²) >= 11 is 1.78. The number of hydrogen-bond acceptors (Lipinski definition) is 4. The summed E-state index contributed by atoms with van der Waals surface area (Å²) in [6, 6.07) is 16.3. The van der Waals surface area contributed by atoms with Crippen LogP contribution in [0.1, 0.15) is 62.8 Å². The van der Waals surface area contributed by atoms with Gasteiger partial charge in [0.15, 0.2) is 4.93 Å². The first-order valence-corrected chi connectivity index (χ1v) is 11.3. The van der Waals surface area contributed by atoms with Crippen LogP contribution in [0.25, 0.3) is 0 Å². The maximum atomic E-state index is 10.1. The molecule has 2 atom stereocenters. The Morgan fingerprint density at radius 3 is 2.57 bits per heavy atom. The summed E-state index contributed by atoms with van der Waals surface area (Å²) in [5.74, 6) is 0.986. The van der Waals surface area contributed by atoms with Gasteiger partial charge in [-0.1, -0.05) is 49.0 Å². The molecule has 2 unspecified atom stereocenters. The number of thioether (sulfide) groups is 1. The van der Waals surface area contributed by atoms with Gasteiger partial charge in [0, 0.05) is 12.1 Å². The molecule has 4 rings (SSSR count). The molecule has 0 radical (unpaired) electrons. The first kappa shape index (κ1) is 19.8. The van der Waals surface area contributed by atoms with Gasteiger partial charge in [0.2, 0.25) is 0 Å². The Kier molecular flexibility index (Phi) is 5.73. The second-order valence-electron chi connectivity index (χ2n) is 8.42. The first-order valence-electron chi connectivity index (χ1n) is 10.5. The van der Waals surface area contributed by atoms with E-state index in [9.17, 15) is 5.11 Å². The highest BCUT2D eigenvalue weighted by Crippen LogP contribution is 2.49. The van der Waals surface area contributed by atoms with Crippen molar-refractivity contribution in [2.75, 3.05) is 6.73 Å². The minimum atomic E-state index is -0.191. The highest BCUT2D eigenvalue weighted by atomic mass is 32.2. The Labute approximate surface area is 173 Å². The fourth-order valence-corrected chi connectivity index (χ4v) is 5.61. The molecule has 2 aromatic rings. The van der Waals surface area contributed by atoms with Crippen LogP contribution >= 0.6 is 11.8 Å². The average molecular weight is 398 g/mol. The van der Waals surface area contributed by atoms with E-state index in [1.54, 1.807) is 11.8 Å². The lowest BCUT2D eigenvalue weighted by molar-refractivity contribution is 0.0596. The summed E-state index contributed by atoms with van der Waals surface area (Å²) in [7, 11) is 0. The van der Waals surface area contributed by atoms with Gasteiger partial charge in [0.05, 0.1) is 11.6 Å². The lowest BCUT2D eigenvalue weighted by Crippen LogP contribution is -2.32. The van der Waals surface area contributed by atoms with Crippen LogP contribution in [0.3, 0.4) is 0 Å². The lowest BCUT2D eigenvalue weighted by Gasteiger charge is -2.28. The van der Waals surface area contributed by atoms with Crippen LogP contribution in [0, 0.1) is 0 Å². The summed E-state index contributed by atoms with van der Waals surface area (Å²) in [6.07, 6.45) is 5.50. The van der Waals surface area contributed by atoms with Crippen LogP contribution < -0.4 is 4.74 Å². The van der Waals surface area contributed by atoms with Gasteiger partial charge in [0.1, 0.15) is 5.75 Å². The number of likely N-dealkylation sites (tertiary alicyclic amines) is 1. The van der Waals surface area contributed by atoms with E-state index in [0.29, 0.717) is 12.1 Å². The molecule has 1 saturated heterocycles. The molecule has 2 aromatic carbocycles. The maximum Gasteiger partial charge on any atom is 0.153 e. The predicted octanol–water partition coefficient (Wildman–Crippen LogP) is 5.56. The van der Waals surface area contributed by atoms with Gasteiger partial charge < -0.3 is 9.84 Å². The molecule has 0 aromatic heterocycles. The molecule has 0 spiro atoms. The van der Waals surface area contributed by atoms with E-state index in [4.69, 9.17) is 4.74 Å². The van der Waals surface area contributed by atoms with Crippen LogP contribution in [-0.4, -0.2) is 27.7 Å².